The molecule has 1 heterocycles. The molecule has 0 radical (unpaired) electrons. The summed E-state index contributed by atoms with van der Waals surface area (Å²) in [6.07, 6.45) is 0.782. The summed E-state index contributed by atoms with van der Waals surface area (Å²) in [5, 5.41) is 0.680. The smallest absolute Gasteiger partial charge is 0.231 e. The number of hydrogen-bond acceptors (Lipinski definition) is 4. The van der Waals surface area contributed by atoms with Crippen LogP contribution in [-0.4, -0.2) is 20.4 Å². The van der Waals surface area contributed by atoms with Gasteiger partial charge in [-0.2, -0.15) is 0 Å². The lowest BCUT2D eigenvalue weighted by atomic mass is 9.91. The summed E-state index contributed by atoms with van der Waals surface area (Å²) in [5.74, 6) is 2.49. The lowest BCUT2D eigenvalue weighted by Gasteiger charge is -2.19. The SMILES string of the molecule is COc1ccc(Cl)cc1C(CN)Cc1ccc2c(c1)OCO2. The number of methoxy groups -OCH3 is 1. The van der Waals surface area contributed by atoms with E-state index in [0.29, 0.717) is 11.6 Å². The summed E-state index contributed by atoms with van der Waals surface area (Å²) >= 11 is 6.12. The van der Waals surface area contributed by atoms with E-state index in [1.165, 1.54) is 0 Å². The Morgan fingerprint density at radius 3 is 2.77 bits per heavy atom. The van der Waals surface area contributed by atoms with Crippen molar-refractivity contribution in [3.63, 3.8) is 0 Å². The molecule has 0 fully saturated rings. The van der Waals surface area contributed by atoms with Crippen LogP contribution in [0.5, 0.6) is 17.2 Å². The maximum atomic E-state index is 6.12. The van der Waals surface area contributed by atoms with Gasteiger partial charge in [-0.05, 0) is 48.9 Å². The zero-order chi connectivity index (χ0) is 15.5. The van der Waals surface area contributed by atoms with Crippen LogP contribution < -0.4 is 19.9 Å². The van der Waals surface area contributed by atoms with Gasteiger partial charge in [0.2, 0.25) is 6.79 Å². The molecule has 0 amide bonds. The van der Waals surface area contributed by atoms with Gasteiger partial charge >= 0.3 is 0 Å². The summed E-state index contributed by atoms with van der Waals surface area (Å²) in [6.45, 7) is 0.784. The average Bonchev–Trinajstić information content (AvgIpc) is 3.00. The van der Waals surface area contributed by atoms with E-state index in [9.17, 15) is 0 Å². The molecular formula is C17H18ClNO3. The van der Waals surface area contributed by atoms with Crippen LogP contribution in [0.15, 0.2) is 36.4 Å². The van der Waals surface area contributed by atoms with Crippen molar-refractivity contribution in [2.24, 2.45) is 5.73 Å². The predicted octanol–water partition coefficient (Wildman–Crippen LogP) is 3.36. The Balaban J connectivity index is 1.87. The van der Waals surface area contributed by atoms with E-state index >= 15 is 0 Å². The van der Waals surface area contributed by atoms with Crippen LogP contribution in [0.25, 0.3) is 0 Å². The highest BCUT2D eigenvalue weighted by atomic mass is 35.5. The van der Waals surface area contributed by atoms with Crippen molar-refractivity contribution in [1.29, 1.82) is 0 Å². The molecule has 0 bridgehead atoms. The third-order valence-electron chi connectivity index (χ3n) is 3.84. The van der Waals surface area contributed by atoms with Crippen LogP contribution in [0.4, 0.5) is 0 Å². The zero-order valence-corrected chi connectivity index (χ0v) is 13.1. The molecule has 4 nitrogen and oxygen atoms in total. The molecule has 116 valence electrons. The number of nitrogens with two attached hydrogens (primary N) is 1. The molecule has 1 aliphatic rings. The first-order valence-electron chi connectivity index (χ1n) is 7.13. The molecule has 0 saturated heterocycles. The van der Waals surface area contributed by atoms with Crippen molar-refractivity contribution in [2.75, 3.05) is 20.4 Å². The van der Waals surface area contributed by atoms with Gasteiger partial charge in [0.05, 0.1) is 7.11 Å². The monoisotopic (exact) mass is 319 g/mol. The Labute approximate surface area is 134 Å². The second kappa shape index (κ2) is 6.46. The van der Waals surface area contributed by atoms with Crippen molar-refractivity contribution >= 4 is 11.6 Å². The summed E-state index contributed by atoms with van der Waals surface area (Å²) in [6, 6.07) is 11.6. The van der Waals surface area contributed by atoms with Crippen LogP contribution >= 0.6 is 11.6 Å². The molecule has 3 rings (SSSR count). The molecule has 1 atom stereocenters. The third-order valence-corrected chi connectivity index (χ3v) is 4.07. The molecule has 0 aromatic heterocycles. The maximum absolute atomic E-state index is 6.12. The van der Waals surface area contributed by atoms with Crippen molar-refractivity contribution in [3.05, 3.63) is 52.5 Å². The fraction of sp³-hybridized carbons (Fsp3) is 0.294. The van der Waals surface area contributed by atoms with Gasteiger partial charge in [0, 0.05) is 16.5 Å². The lowest BCUT2D eigenvalue weighted by Crippen LogP contribution is -2.16. The van der Waals surface area contributed by atoms with E-state index in [1.54, 1.807) is 7.11 Å². The minimum atomic E-state index is 0.119. The summed E-state index contributed by atoms with van der Waals surface area (Å²) in [4.78, 5) is 0. The molecule has 0 spiro atoms. The Morgan fingerprint density at radius 1 is 1.18 bits per heavy atom. The Kier molecular flexibility index (Phi) is 4.41. The number of hydrogen-bond donors (Lipinski definition) is 1. The topological polar surface area (TPSA) is 53.7 Å². The highest BCUT2D eigenvalue weighted by Crippen LogP contribution is 2.35. The van der Waals surface area contributed by atoms with Gasteiger partial charge in [0.1, 0.15) is 5.75 Å². The van der Waals surface area contributed by atoms with Crippen molar-refractivity contribution in [2.45, 2.75) is 12.3 Å². The Bertz CT molecular complexity index is 675. The van der Waals surface area contributed by atoms with Crippen molar-refractivity contribution < 1.29 is 14.2 Å². The van der Waals surface area contributed by atoms with Crippen molar-refractivity contribution in [3.8, 4) is 17.2 Å². The molecule has 1 aliphatic heterocycles. The van der Waals surface area contributed by atoms with Gasteiger partial charge in [-0.15, -0.1) is 0 Å². The Hall–Kier alpha value is -1.91. The molecule has 22 heavy (non-hydrogen) atoms. The number of benzene rings is 2. The predicted molar refractivity (Wildman–Crippen MR) is 86.1 cm³/mol. The minimum absolute atomic E-state index is 0.119. The average molecular weight is 320 g/mol. The van der Waals surface area contributed by atoms with Gasteiger partial charge in [0.15, 0.2) is 11.5 Å². The van der Waals surface area contributed by atoms with Gasteiger partial charge in [-0.25, -0.2) is 0 Å². The van der Waals surface area contributed by atoms with Gasteiger partial charge in [-0.1, -0.05) is 17.7 Å². The molecule has 1 unspecified atom stereocenters. The normalized spacial score (nSPS) is 14.0. The number of fused-ring (bicyclic) bond motifs is 1. The van der Waals surface area contributed by atoms with Crippen LogP contribution in [0, 0.1) is 0 Å². The van der Waals surface area contributed by atoms with Crippen LogP contribution in [-0.2, 0) is 6.42 Å². The highest BCUT2D eigenvalue weighted by molar-refractivity contribution is 6.30. The molecule has 5 heteroatoms. The fourth-order valence-electron chi connectivity index (χ4n) is 2.70. The second-order valence-corrected chi connectivity index (χ2v) is 5.65. The standard InChI is InChI=1S/C17H18ClNO3/c1-20-15-5-3-13(18)8-14(15)12(9-19)6-11-2-4-16-17(7-11)22-10-21-16/h2-5,7-8,12H,6,9-10,19H2,1H3. The highest BCUT2D eigenvalue weighted by Gasteiger charge is 2.19. The summed E-state index contributed by atoms with van der Waals surface area (Å²) in [5.41, 5.74) is 8.15. The number of halogens is 1. The van der Waals surface area contributed by atoms with E-state index in [1.807, 2.05) is 36.4 Å². The van der Waals surface area contributed by atoms with Crippen LogP contribution in [0.1, 0.15) is 17.0 Å². The first kappa shape index (κ1) is 15.0. The van der Waals surface area contributed by atoms with Gasteiger partial charge in [0.25, 0.3) is 0 Å². The van der Waals surface area contributed by atoms with Crippen LogP contribution in [0.2, 0.25) is 5.02 Å². The zero-order valence-electron chi connectivity index (χ0n) is 12.3. The molecule has 2 aromatic carbocycles. The molecule has 2 aromatic rings. The van der Waals surface area contributed by atoms with E-state index < -0.39 is 0 Å². The second-order valence-electron chi connectivity index (χ2n) is 5.21. The molecular weight excluding hydrogens is 302 g/mol. The molecule has 0 saturated carbocycles. The molecule has 0 aliphatic carbocycles. The maximum Gasteiger partial charge on any atom is 0.231 e. The van der Waals surface area contributed by atoms with E-state index in [-0.39, 0.29) is 12.7 Å². The van der Waals surface area contributed by atoms with Crippen LogP contribution in [0.3, 0.4) is 0 Å². The van der Waals surface area contributed by atoms with E-state index in [4.69, 9.17) is 31.5 Å². The van der Waals surface area contributed by atoms with Crippen molar-refractivity contribution in [1.82, 2.24) is 0 Å². The summed E-state index contributed by atoms with van der Waals surface area (Å²) < 4.78 is 16.2. The quantitative estimate of drug-likeness (QED) is 0.918. The fourth-order valence-corrected chi connectivity index (χ4v) is 2.88. The summed E-state index contributed by atoms with van der Waals surface area (Å²) in [7, 11) is 1.65. The first-order valence-corrected chi connectivity index (χ1v) is 7.51. The van der Waals surface area contributed by atoms with Gasteiger partial charge < -0.3 is 19.9 Å². The lowest BCUT2D eigenvalue weighted by molar-refractivity contribution is 0.174. The third kappa shape index (κ3) is 2.98. The van der Waals surface area contributed by atoms with E-state index in [0.717, 1.165) is 34.8 Å². The molecule has 2 N–H and O–H groups in total. The van der Waals surface area contributed by atoms with E-state index in [2.05, 4.69) is 0 Å². The number of ether oxygens (including phenoxy) is 3. The van der Waals surface area contributed by atoms with Gasteiger partial charge in [-0.3, -0.25) is 0 Å². The minimum Gasteiger partial charge on any atom is -0.496 e. The number of rotatable bonds is 5. The largest absolute Gasteiger partial charge is 0.496 e. The Morgan fingerprint density at radius 2 is 2.00 bits per heavy atom. The first-order chi connectivity index (χ1) is 10.7.